The van der Waals surface area contributed by atoms with E-state index in [4.69, 9.17) is 9.39 Å². The van der Waals surface area contributed by atoms with Crippen molar-refractivity contribution in [2.24, 2.45) is 5.92 Å². The van der Waals surface area contributed by atoms with E-state index in [0.29, 0.717) is 23.2 Å². The van der Waals surface area contributed by atoms with Crippen LogP contribution in [-0.2, 0) is 27.4 Å². The van der Waals surface area contributed by atoms with Crippen molar-refractivity contribution in [1.29, 1.82) is 0 Å². The number of amides is 1. The Hall–Kier alpha value is -2.71. The Bertz CT molecular complexity index is 872. The molecular formula is C20H23BN2O5. The van der Waals surface area contributed by atoms with E-state index >= 15 is 0 Å². The third-order valence-corrected chi connectivity index (χ3v) is 4.80. The first kappa shape index (κ1) is 20.0. The van der Waals surface area contributed by atoms with E-state index < -0.39 is 25.0 Å². The molecule has 1 aromatic heterocycles. The Morgan fingerprint density at radius 3 is 2.82 bits per heavy atom. The molecule has 8 heteroatoms. The quantitative estimate of drug-likeness (QED) is 0.574. The van der Waals surface area contributed by atoms with E-state index in [2.05, 4.69) is 10.3 Å². The highest BCUT2D eigenvalue weighted by Crippen LogP contribution is 2.17. The normalized spacial score (nSPS) is 14.0. The zero-order valence-electron chi connectivity index (χ0n) is 16.1. The summed E-state index contributed by atoms with van der Waals surface area (Å²) in [5, 5.41) is 12.7. The summed E-state index contributed by atoms with van der Waals surface area (Å²) < 4.78 is 10.6. The second-order valence-electron chi connectivity index (χ2n) is 7.14. The molecule has 0 unspecified atom stereocenters. The standard InChI is InChI=1S/C20H23BN2O5/c1-12(2)18(20(25)27-10-14-5-4-8-22-9-14)23-19(24)16-7-6-15-11-28-21(26)17(15)13(16)3/h4-9,12,18,26H,10-11H2,1-3H3,(H,23,24)/t18-/m0/s1. The van der Waals surface area contributed by atoms with Crippen LogP contribution in [0.4, 0.5) is 0 Å². The van der Waals surface area contributed by atoms with E-state index in [1.807, 2.05) is 19.9 Å². The predicted octanol–water partition coefficient (Wildman–Crippen LogP) is 1.11. The highest BCUT2D eigenvalue weighted by molar-refractivity contribution is 6.62. The van der Waals surface area contributed by atoms with Crippen molar-refractivity contribution in [1.82, 2.24) is 10.3 Å². The number of nitrogens with one attached hydrogen (secondary N) is 1. The molecule has 0 aliphatic carbocycles. The number of carbonyl (C=O) groups is 2. The Morgan fingerprint density at radius 1 is 1.36 bits per heavy atom. The first-order valence-electron chi connectivity index (χ1n) is 9.17. The first-order valence-corrected chi connectivity index (χ1v) is 9.17. The SMILES string of the molecule is Cc1c(C(=O)N[C@H](C(=O)OCc2cccnc2)C(C)C)ccc2c1B(O)OC2. The molecule has 0 spiro atoms. The van der Waals surface area contributed by atoms with Crippen LogP contribution in [0.25, 0.3) is 0 Å². The van der Waals surface area contributed by atoms with Crippen LogP contribution in [0.5, 0.6) is 0 Å². The van der Waals surface area contributed by atoms with Gasteiger partial charge in [-0.15, -0.1) is 0 Å². The van der Waals surface area contributed by atoms with Gasteiger partial charge in [-0.3, -0.25) is 9.78 Å². The minimum atomic E-state index is -1.03. The van der Waals surface area contributed by atoms with Gasteiger partial charge in [0.05, 0.1) is 6.61 Å². The molecule has 2 heterocycles. The molecule has 1 aliphatic rings. The van der Waals surface area contributed by atoms with E-state index in [1.165, 1.54) is 0 Å². The number of benzene rings is 1. The Balaban J connectivity index is 1.71. The van der Waals surface area contributed by atoms with Crippen molar-refractivity contribution in [3.05, 3.63) is 58.9 Å². The van der Waals surface area contributed by atoms with Gasteiger partial charge in [-0.1, -0.05) is 26.0 Å². The molecule has 28 heavy (non-hydrogen) atoms. The lowest BCUT2D eigenvalue weighted by Gasteiger charge is -2.22. The molecule has 0 fully saturated rings. The summed E-state index contributed by atoms with van der Waals surface area (Å²) in [7, 11) is -1.03. The van der Waals surface area contributed by atoms with Gasteiger partial charge in [0.2, 0.25) is 0 Å². The maximum atomic E-state index is 12.8. The average molecular weight is 382 g/mol. The third kappa shape index (κ3) is 4.23. The molecule has 2 N–H and O–H groups in total. The topological polar surface area (TPSA) is 97.8 Å². The molecule has 1 atom stereocenters. The van der Waals surface area contributed by atoms with Gasteiger partial charge in [0.15, 0.2) is 0 Å². The number of hydrogen-bond acceptors (Lipinski definition) is 6. The fourth-order valence-corrected chi connectivity index (χ4v) is 3.20. The van der Waals surface area contributed by atoms with E-state index in [1.54, 1.807) is 37.5 Å². The Labute approximate surface area is 164 Å². The second kappa shape index (κ2) is 8.54. The zero-order valence-corrected chi connectivity index (χ0v) is 16.1. The lowest BCUT2D eigenvalue weighted by Crippen LogP contribution is -2.46. The predicted molar refractivity (Wildman–Crippen MR) is 104 cm³/mol. The van der Waals surface area contributed by atoms with Gasteiger partial charge in [-0.25, -0.2) is 4.79 Å². The number of fused-ring (bicyclic) bond motifs is 1. The van der Waals surface area contributed by atoms with Crippen molar-refractivity contribution in [2.45, 2.75) is 40.0 Å². The van der Waals surface area contributed by atoms with Crippen molar-refractivity contribution in [3.8, 4) is 0 Å². The number of aromatic nitrogens is 1. The van der Waals surface area contributed by atoms with E-state index in [9.17, 15) is 14.6 Å². The Morgan fingerprint density at radius 2 is 2.14 bits per heavy atom. The number of carbonyl (C=O) groups excluding carboxylic acids is 2. The largest absolute Gasteiger partial charge is 0.492 e. The molecule has 1 aromatic carbocycles. The number of rotatable bonds is 6. The molecule has 0 saturated carbocycles. The summed E-state index contributed by atoms with van der Waals surface area (Å²) in [5.74, 6) is -1.06. The monoisotopic (exact) mass is 382 g/mol. The van der Waals surface area contributed by atoms with Gasteiger partial charge >= 0.3 is 13.1 Å². The number of ether oxygens (including phenoxy) is 1. The van der Waals surface area contributed by atoms with Gasteiger partial charge in [0.25, 0.3) is 5.91 Å². The van der Waals surface area contributed by atoms with Crippen molar-refractivity contribution in [2.75, 3.05) is 0 Å². The van der Waals surface area contributed by atoms with Crippen molar-refractivity contribution >= 4 is 24.5 Å². The van der Waals surface area contributed by atoms with Crippen molar-refractivity contribution < 1.29 is 24.0 Å². The smallest absolute Gasteiger partial charge is 0.459 e. The molecule has 1 amide bonds. The number of nitrogens with zero attached hydrogens (tertiary/aromatic N) is 1. The lowest BCUT2D eigenvalue weighted by atomic mass is 9.75. The van der Waals surface area contributed by atoms with Gasteiger partial charge in [-0.2, -0.15) is 0 Å². The van der Waals surface area contributed by atoms with Crippen LogP contribution in [0.3, 0.4) is 0 Å². The highest BCUT2D eigenvalue weighted by atomic mass is 16.5. The third-order valence-electron chi connectivity index (χ3n) is 4.80. The molecule has 1 aliphatic heterocycles. The Kier molecular flexibility index (Phi) is 6.11. The highest BCUT2D eigenvalue weighted by Gasteiger charge is 2.32. The fraction of sp³-hybridized carbons (Fsp3) is 0.350. The van der Waals surface area contributed by atoms with Crippen LogP contribution in [0.2, 0.25) is 0 Å². The zero-order chi connectivity index (χ0) is 20.3. The molecule has 7 nitrogen and oxygen atoms in total. The number of hydrogen-bond donors (Lipinski definition) is 2. The summed E-state index contributed by atoms with van der Waals surface area (Å²) in [4.78, 5) is 29.3. The molecule has 0 bridgehead atoms. The van der Waals surface area contributed by atoms with Gasteiger partial charge < -0.3 is 19.7 Å². The fourth-order valence-electron chi connectivity index (χ4n) is 3.20. The summed E-state index contributed by atoms with van der Waals surface area (Å²) >= 11 is 0. The average Bonchev–Trinajstić information content (AvgIpc) is 3.06. The minimum Gasteiger partial charge on any atom is -0.459 e. The maximum absolute atomic E-state index is 12.8. The van der Waals surface area contributed by atoms with Gasteiger partial charge in [0, 0.05) is 23.5 Å². The first-order chi connectivity index (χ1) is 13.4. The summed E-state index contributed by atoms with van der Waals surface area (Å²) in [6.07, 6.45) is 3.26. The molecule has 3 rings (SSSR count). The van der Waals surface area contributed by atoms with Crippen LogP contribution < -0.4 is 10.8 Å². The lowest BCUT2D eigenvalue weighted by molar-refractivity contribution is -0.148. The van der Waals surface area contributed by atoms with E-state index in [-0.39, 0.29) is 12.5 Å². The van der Waals surface area contributed by atoms with Crippen LogP contribution in [-0.4, -0.2) is 35.0 Å². The van der Waals surface area contributed by atoms with Crippen LogP contribution >= 0.6 is 0 Å². The number of pyridine rings is 1. The summed E-state index contributed by atoms with van der Waals surface area (Å²) in [5.41, 5.74) is 3.29. The molecule has 146 valence electrons. The maximum Gasteiger partial charge on any atom is 0.492 e. The molecule has 2 aromatic rings. The molecule has 0 saturated heterocycles. The molecular weight excluding hydrogens is 359 g/mol. The second-order valence-corrected chi connectivity index (χ2v) is 7.14. The van der Waals surface area contributed by atoms with Crippen LogP contribution in [0, 0.1) is 12.8 Å². The minimum absolute atomic E-state index is 0.0904. The molecule has 0 radical (unpaired) electrons. The summed E-state index contributed by atoms with van der Waals surface area (Å²) in [6.45, 7) is 5.84. The van der Waals surface area contributed by atoms with Gasteiger partial charge in [0.1, 0.15) is 12.6 Å². The van der Waals surface area contributed by atoms with Crippen LogP contribution in [0.1, 0.15) is 40.9 Å². The van der Waals surface area contributed by atoms with E-state index in [0.717, 1.165) is 11.1 Å². The van der Waals surface area contributed by atoms with Crippen molar-refractivity contribution in [3.63, 3.8) is 0 Å². The van der Waals surface area contributed by atoms with Crippen LogP contribution in [0.15, 0.2) is 36.7 Å². The van der Waals surface area contributed by atoms with Gasteiger partial charge in [-0.05, 0) is 41.6 Å². The summed E-state index contributed by atoms with van der Waals surface area (Å²) in [6, 6.07) is 6.23. The number of esters is 1.